The fourth-order valence-electron chi connectivity index (χ4n) is 4.13. The lowest BCUT2D eigenvalue weighted by atomic mass is 9.96. The Hall–Kier alpha value is -3.62. The van der Waals surface area contributed by atoms with E-state index in [1.165, 1.54) is 29.2 Å². The predicted molar refractivity (Wildman–Crippen MR) is 140 cm³/mol. The van der Waals surface area contributed by atoms with Gasteiger partial charge in [0.15, 0.2) is 0 Å². The lowest BCUT2D eigenvalue weighted by molar-refractivity contribution is -0.106. The molecule has 1 aliphatic rings. The number of nitrogens with one attached hydrogen (secondary N) is 1. The Balaban J connectivity index is 1.73. The van der Waals surface area contributed by atoms with Crippen LogP contribution in [0.5, 0.6) is 5.75 Å². The van der Waals surface area contributed by atoms with Crippen molar-refractivity contribution in [2.75, 3.05) is 50.1 Å². The van der Waals surface area contributed by atoms with Crippen LogP contribution in [0.15, 0.2) is 60.9 Å². The van der Waals surface area contributed by atoms with Crippen molar-refractivity contribution in [1.82, 2.24) is 10.2 Å². The minimum atomic E-state index is -0.561. The molecule has 0 spiro atoms. The zero-order valence-corrected chi connectivity index (χ0v) is 20.8. The van der Waals surface area contributed by atoms with Crippen molar-refractivity contribution in [1.29, 1.82) is 0 Å². The molecule has 1 saturated heterocycles. The van der Waals surface area contributed by atoms with Crippen molar-refractivity contribution in [3.05, 3.63) is 77.6 Å². The molecule has 9 heteroatoms. The van der Waals surface area contributed by atoms with E-state index in [-0.39, 0.29) is 27.7 Å². The molecule has 0 atom stereocenters. The Morgan fingerprint density at radius 2 is 1.61 bits per heavy atom. The summed E-state index contributed by atoms with van der Waals surface area (Å²) < 4.78 is 29.4. The number of aromatic hydroxyl groups is 1. The average molecular weight is 513 g/mol. The van der Waals surface area contributed by atoms with Crippen LogP contribution in [0.1, 0.15) is 0 Å². The number of phenols is 1. The molecule has 0 unspecified atom stereocenters. The van der Waals surface area contributed by atoms with E-state index >= 15 is 0 Å². The summed E-state index contributed by atoms with van der Waals surface area (Å²) in [6.07, 6.45) is 3.89. The molecule has 3 aromatic rings. The molecular weight excluding hydrogens is 486 g/mol. The van der Waals surface area contributed by atoms with Crippen molar-refractivity contribution < 1.29 is 18.7 Å². The molecule has 0 aliphatic carbocycles. The number of benzene rings is 3. The van der Waals surface area contributed by atoms with Gasteiger partial charge in [-0.25, -0.2) is 8.78 Å². The lowest BCUT2D eigenvalue weighted by Crippen LogP contribution is -2.43. The van der Waals surface area contributed by atoms with Gasteiger partial charge in [-0.05, 0) is 47.5 Å². The maximum atomic E-state index is 14.7. The zero-order chi connectivity index (χ0) is 25.8. The second-order valence-corrected chi connectivity index (χ2v) is 9.10. The molecule has 4 rings (SSSR count). The van der Waals surface area contributed by atoms with E-state index in [1.54, 1.807) is 41.6 Å². The molecular formula is C27H27ClF2N4O2. The number of piperazine rings is 1. The predicted octanol–water partition coefficient (Wildman–Crippen LogP) is 5.06. The molecule has 1 amide bonds. The molecule has 188 valence electrons. The summed E-state index contributed by atoms with van der Waals surface area (Å²) in [6.45, 7) is 2.77. The number of carbonyl (C=O) groups is 1. The van der Waals surface area contributed by atoms with Crippen LogP contribution in [0.2, 0.25) is 5.02 Å². The summed E-state index contributed by atoms with van der Waals surface area (Å²) in [4.78, 5) is 16.6. The molecule has 0 aromatic heterocycles. The van der Waals surface area contributed by atoms with Gasteiger partial charge >= 0.3 is 0 Å². The summed E-state index contributed by atoms with van der Waals surface area (Å²) in [5.74, 6) is -1.09. The Labute approximate surface area is 214 Å². The first-order chi connectivity index (χ1) is 17.3. The minimum absolute atomic E-state index is 0.155. The molecule has 6 nitrogen and oxygen atoms in total. The number of rotatable bonds is 7. The number of hydrogen-bond donors (Lipinski definition) is 2. The van der Waals surface area contributed by atoms with Crippen molar-refractivity contribution in [2.24, 2.45) is 0 Å². The summed E-state index contributed by atoms with van der Waals surface area (Å²) in [7, 11) is 3.64. The van der Waals surface area contributed by atoms with Gasteiger partial charge in [0.25, 0.3) is 0 Å². The van der Waals surface area contributed by atoms with Gasteiger partial charge in [-0.1, -0.05) is 23.7 Å². The van der Waals surface area contributed by atoms with Gasteiger partial charge in [0, 0.05) is 63.8 Å². The highest BCUT2D eigenvalue weighted by Gasteiger charge is 2.19. The largest absolute Gasteiger partial charge is 0.507 e. The molecule has 1 heterocycles. The normalized spacial score (nSPS) is 13.8. The van der Waals surface area contributed by atoms with E-state index in [4.69, 9.17) is 11.6 Å². The number of carbonyl (C=O) groups excluding carboxylic acids is 1. The Kier molecular flexibility index (Phi) is 7.76. The van der Waals surface area contributed by atoms with Crippen molar-refractivity contribution in [3.63, 3.8) is 0 Å². The smallest absolute Gasteiger partial charge is 0.218 e. The fourth-order valence-corrected chi connectivity index (χ4v) is 4.41. The van der Waals surface area contributed by atoms with Crippen LogP contribution in [0.3, 0.4) is 0 Å². The summed E-state index contributed by atoms with van der Waals surface area (Å²) in [6, 6.07) is 11.8. The van der Waals surface area contributed by atoms with E-state index in [0.29, 0.717) is 42.0 Å². The SMILES string of the molecule is CN(C)/C=C\N(C=O)c1ccc(-c2cc(F)cc(-c3ccc(F)c(N4CCNCC4)c3)c2O)cc1Cl. The van der Waals surface area contributed by atoms with E-state index in [2.05, 4.69) is 5.32 Å². The van der Waals surface area contributed by atoms with Gasteiger partial charge in [-0.15, -0.1) is 0 Å². The van der Waals surface area contributed by atoms with Crippen LogP contribution in [0.4, 0.5) is 20.2 Å². The molecule has 0 saturated carbocycles. The van der Waals surface area contributed by atoms with Crippen LogP contribution in [0.25, 0.3) is 22.3 Å². The van der Waals surface area contributed by atoms with Crippen molar-refractivity contribution in [2.45, 2.75) is 0 Å². The number of hydrogen-bond acceptors (Lipinski definition) is 5. The van der Waals surface area contributed by atoms with Crippen molar-refractivity contribution in [3.8, 4) is 28.0 Å². The van der Waals surface area contributed by atoms with E-state index in [1.807, 2.05) is 19.0 Å². The number of anilines is 2. The number of halogens is 3. The van der Waals surface area contributed by atoms with Gasteiger partial charge in [-0.2, -0.15) is 0 Å². The van der Waals surface area contributed by atoms with Crippen molar-refractivity contribution >= 4 is 29.4 Å². The van der Waals surface area contributed by atoms with Gasteiger partial charge in [0.1, 0.15) is 17.4 Å². The number of amides is 1. The zero-order valence-electron chi connectivity index (χ0n) is 20.0. The minimum Gasteiger partial charge on any atom is -0.507 e. The maximum Gasteiger partial charge on any atom is 0.218 e. The topological polar surface area (TPSA) is 59.0 Å². The molecule has 0 bridgehead atoms. The quantitative estimate of drug-likeness (QED) is 0.433. The summed E-state index contributed by atoms with van der Waals surface area (Å²) in [5.41, 5.74) is 2.27. The lowest BCUT2D eigenvalue weighted by Gasteiger charge is -2.30. The van der Waals surface area contributed by atoms with Gasteiger partial charge in [0.05, 0.1) is 16.4 Å². The van der Waals surface area contributed by atoms with Gasteiger partial charge < -0.3 is 20.2 Å². The first kappa shape index (κ1) is 25.5. The Morgan fingerprint density at radius 3 is 2.22 bits per heavy atom. The first-order valence-corrected chi connectivity index (χ1v) is 11.8. The van der Waals surface area contributed by atoms with Crippen LogP contribution >= 0.6 is 11.6 Å². The van der Waals surface area contributed by atoms with Crippen LogP contribution in [-0.2, 0) is 4.79 Å². The summed E-state index contributed by atoms with van der Waals surface area (Å²) in [5, 5.41) is 14.6. The second-order valence-electron chi connectivity index (χ2n) is 8.69. The highest BCUT2D eigenvalue weighted by Crippen LogP contribution is 2.42. The third-order valence-corrected chi connectivity index (χ3v) is 6.27. The molecule has 1 aliphatic heterocycles. The van der Waals surface area contributed by atoms with E-state index in [0.717, 1.165) is 13.1 Å². The Morgan fingerprint density at radius 1 is 0.972 bits per heavy atom. The monoisotopic (exact) mass is 512 g/mol. The van der Waals surface area contributed by atoms with Crippen LogP contribution in [-0.4, -0.2) is 56.7 Å². The van der Waals surface area contributed by atoms with E-state index < -0.39 is 5.82 Å². The fraction of sp³-hybridized carbons (Fsp3) is 0.222. The first-order valence-electron chi connectivity index (χ1n) is 11.4. The standard InChI is InChI=1S/C27H27ClF2N4O2/c1-32(2)11-12-34(17-35)25-6-4-18(13-23(25)28)21-15-20(29)16-22(27(21)36)19-3-5-24(30)26(14-19)33-9-7-31-8-10-33/h3-6,11-17,31,36H,7-10H2,1-2H3/b12-11-. The molecule has 1 fully saturated rings. The summed E-state index contributed by atoms with van der Waals surface area (Å²) >= 11 is 6.47. The highest BCUT2D eigenvalue weighted by molar-refractivity contribution is 6.34. The van der Waals surface area contributed by atoms with Crippen LogP contribution in [0, 0.1) is 11.6 Å². The average Bonchev–Trinajstić information content (AvgIpc) is 2.87. The highest BCUT2D eigenvalue weighted by atomic mass is 35.5. The number of nitrogens with zero attached hydrogens (tertiary/aromatic N) is 3. The number of phenolic OH excluding ortho intramolecular Hbond substituents is 1. The second kappa shape index (κ2) is 11.0. The third kappa shape index (κ3) is 5.45. The molecule has 3 aromatic carbocycles. The molecule has 0 radical (unpaired) electrons. The maximum absolute atomic E-state index is 14.7. The van der Waals surface area contributed by atoms with Gasteiger partial charge in [-0.3, -0.25) is 9.69 Å². The van der Waals surface area contributed by atoms with Gasteiger partial charge in [0.2, 0.25) is 6.41 Å². The van der Waals surface area contributed by atoms with E-state index in [9.17, 15) is 18.7 Å². The third-order valence-electron chi connectivity index (χ3n) is 5.97. The Bertz CT molecular complexity index is 1290. The van der Waals surface area contributed by atoms with Crippen LogP contribution < -0.4 is 15.1 Å². The molecule has 36 heavy (non-hydrogen) atoms. The molecule has 2 N–H and O–H groups in total.